The first-order valence-electron chi connectivity index (χ1n) is 9.65. The minimum atomic E-state index is -0.724. The van der Waals surface area contributed by atoms with Crippen molar-refractivity contribution in [1.82, 2.24) is 9.80 Å². The van der Waals surface area contributed by atoms with Crippen LogP contribution >= 0.6 is 11.6 Å². The standard InChI is InChI=1S/C22H25ClN2O2/c23-19-10-4-3-9-18(19)21(26)15-25-14-17-8-2-1-7-16(17)13-20(25)22(27)24-11-5-6-12-24/h1-4,7-10,20-21,26H,5-6,11-15H2/t20-,21+/m0/s1. The number of rotatable bonds is 4. The summed E-state index contributed by atoms with van der Waals surface area (Å²) in [5, 5.41) is 11.4. The fourth-order valence-electron chi connectivity index (χ4n) is 4.23. The van der Waals surface area contributed by atoms with Gasteiger partial charge in [0.05, 0.1) is 12.1 Å². The molecular formula is C22H25ClN2O2. The summed E-state index contributed by atoms with van der Waals surface area (Å²) in [6.07, 6.45) is 2.13. The van der Waals surface area contributed by atoms with E-state index in [1.807, 2.05) is 35.2 Å². The number of aliphatic hydroxyl groups is 1. The number of carbonyl (C=O) groups excluding carboxylic acids is 1. The Hall–Kier alpha value is -1.88. The van der Waals surface area contributed by atoms with Crippen LogP contribution in [-0.2, 0) is 17.8 Å². The van der Waals surface area contributed by atoms with E-state index in [0.717, 1.165) is 25.9 Å². The van der Waals surface area contributed by atoms with Gasteiger partial charge in [0.1, 0.15) is 0 Å². The molecule has 2 atom stereocenters. The minimum Gasteiger partial charge on any atom is -0.387 e. The highest BCUT2D eigenvalue weighted by Crippen LogP contribution is 2.29. The SMILES string of the molecule is O=C([C@@H]1Cc2ccccc2CN1C[C@@H](O)c1ccccc1Cl)N1CCCC1. The normalized spacial score (nSPS) is 21.1. The molecule has 1 saturated heterocycles. The van der Waals surface area contributed by atoms with Gasteiger partial charge in [-0.15, -0.1) is 0 Å². The Balaban J connectivity index is 1.59. The molecule has 0 unspecified atom stereocenters. The van der Waals surface area contributed by atoms with Gasteiger partial charge in [0.2, 0.25) is 5.91 Å². The lowest BCUT2D eigenvalue weighted by Gasteiger charge is -2.38. The molecule has 4 nitrogen and oxygen atoms in total. The summed E-state index contributed by atoms with van der Waals surface area (Å²) < 4.78 is 0. The second-order valence-electron chi connectivity index (χ2n) is 7.49. The lowest BCUT2D eigenvalue weighted by molar-refractivity contribution is -0.137. The minimum absolute atomic E-state index is 0.188. The first kappa shape index (κ1) is 18.5. The third-order valence-electron chi connectivity index (χ3n) is 5.72. The summed E-state index contributed by atoms with van der Waals surface area (Å²) in [4.78, 5) is 17.3. The Morgan fingerprint density at radius 3 is 2.48 bits per heavy atom. The maximum Gasteiger partial charge on any atom is 0.240 e. The Kier molecular flexibility index (Phi) is 5.48. The highest BCUT2D eigenvalue weighted by atomic mass is 35.5. The van der Waals surface area contributed by atoms with Crippen LogP contribution in [0.15, 0.2) is 48.5 Å². The topological polar surface area (TPSA) is 43.8 Å². The first-order chi connectivity index (χ1) is 13.1. The van der Waals surface area contributed by atoms with Crippen molar-refractivity contribution in [2.75, 3.05) is 19.6 Å². The number of hydrogen-bond acceptors (Lipinski definition) is 3. The third-order valence-corrected chi connectivity index (χ3v) is 6.06. The van der Waals surface area contributed by atoms with Gasteiger partial charge in [-0.3, -0.25) is 9.69 Å². The number of likely N-dealkylation sites (tertiary alicyclic amines) is 1. The zero-order valence-electron chi connectivity index (χ0n) is 15.4. The molecule has 2 aromatic rings. The van der Waals surface area contributed by atoms with Crippen LogP contribution in [0.5, 0.6) is 0 Å². The number of aliphatic hydroxyl groups excluding tert-OH is 1. The zero-order chi connectivity index (χ0) is 18.8. The van der Waals surface area contributed by atoms with E-state index in [1.54, 1.807) is 6.07 Å². The van der Waals surface area contributed by atoms with Gasteiger partial charge in [-0.25, -0.2) is 0 Å². The van der Waals surface area contributed by atoms with Crippen LogP contribution in [-0.4, -0.2) is 46.5 Å². The van der Waals surface area contributed by atoms with Gasteiger partial charge in [0.25, 0.3) is 0 Å². The molecule has 1 N–H and O–H groups in total. The molecule has 0 radical (unpaired) electrons. The van der Waals surface area contributed by atoms with Crippen molar-refractivity contribution in [3.63, 3.8) is 0 Å². The Labute approximate surface area is 165 Å². The van der Waals surface area contributed by atoms with Crippen molar-refractivity contribution in [3.05, 3.63) is 70.2 Å². The van der Waals surface area contributed by atoms with Gasteiger partial charge in [-0.2, -0.15) is 0 Å². The van der Waals surface area contributed by atoms with Gasteiger partial charge < -0.3 is 10.0 Å². The summed E-state index contributed by atoms with van der Waals surface area (Å²) >= 11 is 6.27. The molecule has 1 fully saturated rings. The number of fused-ring (bicyclic) bond motifs is 1. The quantitative estimate of drug-likeness (QED) is 0.878. The largest absolute Gasteiger partial charge is 0.387 e. The molecule has 2 aliphatic rings. The number of β-amino-alcohol motifs (C(OH)–C–C–N with tert-alkyl or cyclic N) is 1. The Bertz CT molecular complexity index is 819. The van der Waals surface area contributed by atoms with Crippen LogP contribution in [0.2, 0.25) is 5.02 Å². The highest BCUT2D eigenvalue weighted by molar-refractivity contribution is 6.31. The molecule has 0 aliphatic carbocycles. The molecule has 4 rings (SSSR count). The molecule has 2 aromatic carbocycles. The summed E-state index contributed by atoms with van der Waals surface area (Å²) in [5.74, 6) is 0.188. The molecule has 0 saturated carbocycles. The fourth-order valence-corrected chi connectivity index (χ4v) is 4.49. The van der Waals surface area contributed by atoms with Crippen LogP contribution in [0.1, 0.15) is 35.6 Å². The maximum atomic E-state index is 13.2. The zero-order valence-corrected chi connectivity index (χ0v) is 16.1. The van der Waals surface area contributed by atoms with Gasteiger partial charge in [-0.1, -0.05) is 54.1 Å². The van der Waals surface area contributed by atoms with E-state index < -0.39 is 6.10 Å². The van der Waals surface area contributed by atoms with Gasteiger partial charge in [0, 0.05) is 36.8 Å². The van der Waals surface area contributed by atoms with E-state index in [1.165, 1.54) is 11.1 Å². The molecule has 1 amide bonds. The molecule has 27 heavy (non-hydrogen) atoms. The smallest absolute Gasteiger partial charge is 0.240 e. The van der Waals surface area contributed by atoms with Crippen LogP contribution in [0.4, 0.5) is 0 Å². The van der Waals surface area contributed by atoms with Crippen LogP contribution in [0, 0.1) is 0 Å². The van der Waals surface area contributed by atoms with E-state index >= 15 is 0 Å². The average molecular weight is 385 g/mol. The average Bonchev–Trinajstić information content (AvgIpc) is 3.22. The van der Waals surface area contributed by atoms with Crippen molar-refractivity contribution < 1.29 is 9.90 Å². The maximum absolute atomic E-state index is 13.2. The molecule has 2 heterocycles. The first-order valence-corrected chi connectivity index (χ1v) is 10.0. The lowest BCUT2D eigenvalue weighted by atomic mass is 9.92. The number of halogens is 1. The van der Waals surface area contributed by atoms with Gasteiger partial charge in [-0.05, 0) is 36.5 Å². The second kappa shape index (κ2) is 8.01. The van der Waals surface area contributed by atoms with Crippen molar-refractivity contribution >= 4 is 17.5 Å². The van der Waals surface area contributed by atoms with E-state index in [2.05, 4.69) is 17.0 Å². The molecule has 2 aliphatic heterocycles. The summed E-state index contributed by atoms with van der Waals surface area (Å²) in [7, 11) is 0. The van der Waals surface area contributed by atoms with Crippen molar-refractivity contribution in [2.45, 2.75) is 38.0 Å². The second-order valence-corrected chi connectivity index (χ2v) is 7.89. The van der Waals surface area contributed by atoms with Crippen molar-refractivity contribution in [3.8, 4) is 0 Å². The summed E-state index contributed by atoms with van der Waals surface area (Å²) in [6.45, 7) is 2.75. The van der Waals surface area contributed by atoms with Crippen molar-refractivity contribution in [1.29, 1.82) is 0 Å². The molecule has 0 bridgehead atoms. The molecular weight excluding hydrogens is 360 g/mol. The highest BCUT2D eigenvalue weighted by Gasteiger charge is 2.36. The van der Waals surface area contributed by atoms with Crippen LogP contribution < -0.4 is 0 Å². The van der Waals surface area contributed by atoms with E-state index in [4.69, 9.17) is 11.6 Å². The number of carbonyl (C=O) groups is 1. The Morgan fingerprint density at radius 2 is 1.74 bits per heavy atom. The summed E-state index contributed by atoms with van der Waals surface area (Å²) in [6, 6.07) is 15.4. The lowest BCUT2D eigenvalue weighted by Crippen LogP contribution is -2.52. The van der Waals surface area contributed by atoms with Crippen molar-refractivity contribution in [2.24, 2.45) is 0 Å². The van der Waals surface area contributed by atoms with Crippen LogP contribution in [0.25, 0.3) is 0 Å². The third kappa shape index (κ3) is 3.88. The molecule has 0 spiro atoms. The summed E-state index contributed by atoms with van der Waals surface area (Å²) in [5.41, 5.74) is 3.18. The van der Waals surface area contributed by atoms with Gasteiger partial charge in [0.15, 0.2) is 0 Å². The fraction of sp³-hybridized carbons (Fsp3) is 0.409. The molecule has 0 aromatic heterocycles. The molecule has 142 valence electrons. The number of hydrogen-bond donors (Lipinski definition) is 1. The number of nitrogens with zero attached hydrogens (tertiary/aromatic N) is 2. The monoisotopic (exact) mass is 384 g/mol. The van der Waals surface area contributed by atoms with Crippen LogP contribution in [0.3, 0.4) is 0 Å². The van der Waals surface area contributed by atoms with E-state index in [9.17, 15) is 9.90 Å². The predicted octanol–water partition coefficient (Wildman–Crippen LogP) is 3.42. The number of amides is 1. The predicted molar refractivity (Wildman–Crippen MR) is 107 cm³/mol. The molecule has 5 heteroatoms. The van der Waals surface area contributed by atoms with E-state index in [-0.39, 0.29) is 11.9 Å². The van der Waals surface area contributed by atoms with Gasteiger partial charge >= 0.3 is 0 Å². The Morgan fingerprint density at radius 1 is 1.07 bits per heavy atom. The number of benzene rings is 2. The van der Waals surface area contributed by atoms with E-state index in [0.29, 0.717) is 30.1 Å².